The molecule has 0 bridgehead atoms. The van der Waals surface area contributed by atoms with Crippen LogP contribution in [0.5, 0.6) is 5.75 Å². The van der Waals surface area contributed by atoms with E-state index in [2.05, 4.69) is 21.2 Å². The van der Waals surface area contributed by atoms with Crippen LogP contribution in [0.1, 0.15) is 15.9 Å². The summed E-state index contributed by atoms with van der Waals surface area (Å²) in [5, 5.41) is 2.80. The van der Waals surface area contributed by atoms with Crippen molar-refractivity contribution in [1.29, 1.82) is 0 Å². The SMILES string of the molecule is COc1cc(C(=O)Nc2ccc(Br)c(N)c2)ccc1C. The molecule has 104 valence electrons. The molecule has 0 radical (unpaired) electrons. The summed E-state index contributed by atoms with van der Waals surface area (Å²) in [6, 6.07) is 10.6. The Morgan fingerprint density at radius 2 is 2.00 bits per heavy atom. The van der Waals surface area contributed by atoms with Gasteiger partial charge in [0.1, 0.15) is 5.75 Å². The van der Waals surface area contributed by atoms with Gasteiger partial charge in [-0.1, -0.05) is 6.07 Å². The van der Waals surface area contributed by atoms with Crippen molar-refractivity contribution in [3.05, 3.63) is 52.0 Å². The van der Waals surface area contributed by atoms with Crippen LogP contribution in [0.4, 0.5) is 11.4 Å². The third-order valence-corrected chi connectivity index (χ3v) is 3.65. The van der Waals surface area contributed by atoms with Gasteiger partial charge in [-0.05, 0) is 58.7 Å². The van der Waals surface area contributed by atoms with E-state index in [0.717, 1.165) is 10.0 Å². The summed E-state index contributed by atoms with van der Waals surface area (Å²) in [6.07, 6.45) is 0. The summed E-state index contributed by atoms with van der Waals surface area (Å²) in [5.74, 6) is 0.484. The van der Waals surface area contributed by atoms with Gasteiger partial charge in [0, 0.05) is 21.4 Å². The van der Waals surface area contributed by atoms with Crippen molar-refractivity contribution in [1.82, 2.24) is 0 Å². The maximum absolute atomic E-state index is 12.2. The topological polar surface area (TPSA) is 64.3 Å². The van der Waals surface area contributed by atoms with Gasteiger partial charge in [0.25, 0.3) is 5.91 Å². The molecular formula is C15H15BrN2O2. The molecule has 0 heterocycles. The number of methoxy groups -OCH3 is 1. The number of aryl methyl sites for hydroxylation is 1. The molecule has 0 aromatic heterocycles. The largest absolute Gasteiger partial charge is 0.496 e. The lowest BCUT2D eigenvalue weighted by atomic mass is 10.1. The summed E-state index contributed by atoms with van der Waals surface area (Å²) in [6.45, 7) is 1.93. The molecule has 0 saturated heterocycles. The molecular weight excluding hydrogens is 320 g/mol. The molecule has 2 aromatic rings. The Bertz CT molecular complexity index is 656. The number of rotatable bonds is 3. The molecule has 5 heteroatoms. The van der Waals surface area contributed by atoms with Gasteiger partial charge in [0.2, 0.25) is 0 Å². The monoisotopic (exact) mass is 334 g/mol. The van der Waals surface area contributed by atoms with Crippen LogP contribution >= 0.6 is 15.9 Å². The van der Waals surface area contributed by atoms with Crippen molar-refractivity contribution >= 4 is 33.2 Å². The molecule has 0 saturated carbocycles. The second-order valence-corrected chi connectivity index (χ2v) is 5.23. The Balaban J connectivity index is 2.21. The number of hydrogen-bond donors (Lipinski definition) is 2. The highest BCUT2D eigenvalue weighted by Gasteiger charge is 2.09. The van der Waals surface area contributed by atoms with Gasteiger partial charge >= 0.3 is 0 Å². The zero-order chi connectivity index (χ0) is 14.7. The highest BCUT2D eigenvalue weighted by molar-refractivity contribution is 9.10. The fourth-order valence-corrected chi connectivity index (χ4v) is 2.03. The number of nitrogens with two attached hydrogens (primary N) is 1. The van der Waals surface area contributed by atoms with Gasteiger partial charge < -0.3 is 15.8 Å². The van der Waals surface area contributed by atoms with E-state index in [9.17, 15) is 4.79 Å². The zero-order valence-corrected chi connectivity index (χ0v) is 12.8. The van der Waals surface area contributed by atoms with Crippen LogP contribution < -0.4 is 15.8 Å². The molecule has 0 spiro atoms. The van der Waals surface area contributed by atoms with E-state index in [4.69, 9.17) is 10.5 Å². The first kappa shape index (κ1) is 14.4. The Morgan fingerprint density at radius 1 is 1.25 bits per heavy atom. The number of nitrogen functional groups attached to an aromatic ring is 1. The lowest BCUT2D eigenvalue weighted by molar-refractivity contribution is 0.102. The third-order valence-electron chi connectivity index (χ3n) is 2.92. The Kier molecular flexibility index (Phi) is 4.29. The maximum atomic E-state index is 12.2. The number of ether oxygens (including phenoxy) is 1. The summed E-state index contributed by atoms with van der Waals surface area (Å²) < 4.78 is 6.01. The normalized spacial score (nSPS) is 10.2. The highest BCUT2D eigenvalue weighted by Crippen LogP contribution is 2.24. The number of anilines is 2. The lowest BCUT2D eigenvalue weighted by Crippen LogP contribution is -2.12. The summed E-state index contributed by atoms with van der Waals surface area (Å²) >= 11 is 3.31. The molecule has 2 aromatic carbocycles. The second-order valence-electron chi connectivity index (χ2n) is 4.37. The van der Waals surface area contributed by atoms with Gasteiger partial charge in [-0.3, -0.25) is 4.79 Å². The summed E-state index contributed by atoms with van der Waals surface area (Å²) in [4.78, 5) is 12.2. The lowest BCUT2D eigenvalue weighted by Gasteiger charge is -2.09. The predicted octanol–water partition coefficient (Wildman–Crippen LogP) is 3.60. The molecule has 20 heavy (non-hydrogen) atoms. The fraction of sp³-hybridized carbons (Fsp3) is 0.133. The Morgan fingerprint density at radius 3 is 2.65 bits per heavy atom. The minimum Gasteiger partial charge on any atom is -0.496 e. The zero-order valence-electron chi connectivity index (χ0n) is 11.2. The van der Waals surface area contributed by atoms with Crippen molar-refractivity contribution < 1.29 is 9.53 Å². The standard InChI is InChI=1S/C15H15BrN2O2/c1-9-3-4-10(7-14(9)20-2)15(19)18-11-5-6-12(16)13(17)8-11/h3-8H,17H2,1-2H3,(H,18,19). The summed E-state index contributed by atoms with van der Waals surface area (Å²) in [7, 11) is 1.58. The minimum absolute atomic E-state index is 0.204. The molecule has 2 rings (SSSR count). The molecule has 0 atom stereocenters. The first-order valence-electron chi connectivity index (χ1n) is 6.02. The van der Waals surface area contributed by atoms with E-state index < -0.39 is 0 Å². The first-order valence-corrected chi connectivity index (χ1v) is 6.81. The molecule has 0 aliphatic heterocycles. The van der Waals surface area contributed by atoms with E-state index in [0.29, 0.717) is 22.7 Å². The molecule has 0 fully saturated rings. The van der Waals surface area contributed by atoms with Crippen LogP contribution in [0.15, 0.2) is 40.9 Å². The van der Waals surface area contributed by atoms with Crippen LogP contribution in [0, 0.1) is 6.92 Å². The molecule has 1 amide bonds. The highest BCUT2D eigenvalue weighted by atomic mass is 79.9. The Labute approximate surface area is 126 Å². The van der Waals surface area contributed by atoms with Crippen molar-refractivity contribution in [2.75, 3.05) is 18.2 Å². The maximum Gasteiger partial charge on any atom is 0.255 e. The van der Waals surface area contributed by atoms with Crippen LogP contribution in [0.25, 0.3) is 0 Å². The summed E-state index contributed by atoms with van der Waals surface area (Å²) in [5.41, 5.74) is 8.52. The molecule has 3 N–H and O–H groups in total. The van der Waals surface area contributed by atoms with E-state index in [-0.39, 0.29) is 5.91 Å². The second kappa shape index (κ2) is 5.96. The number of carbonyl (C=O) groups is 1. The van der Waals surface area contributed by atoms with E-state index in [1.807, 2.05) is 13.0 Å². The fourth-order valence-electron chi connectivity index (χ4n) is 1.79. The van der Waals surface area contributed by atoms with Crippen LogP contribution in [0.2, 0.25) is 0 Å². The van der Waals surface area contributed by atoms with Gasteiger partial charge in [-0.15, -0.1) is 0 Å². The number of benzene rings is 2. The molecule has 0 aliphatic rings. The van der Waals surface area contributed by atoms with Gasteiger partial charge in [0.15, 0.2) is 0 Å². The van der Waals surface area contributed by atoms with E-state index in [1.165, 1.54) is 0 Å². The van der Waals surface area contributed by atoms with E-state index in [1.54, 1.807) is 37.4 Å². The molecule has 0 unspecified atom stereocenters. The number of nitrogens with one attached hydrogen (secondary N) is 1. The smallest absolute Gasteiger partial charge is 0.255 e. The van der Waals surface area contributed by atoms with Gasteiger partial charge in [0.05, 0.1) is 7.11 Å². The van der Waals surface area contributed by atoms with Crippen LogP contribution in [-0.2, 0) is 0 Å². The average Bonchev–Trinajstić information content (AvgIpc) is 2.43. The number of halogens is 1. The van der Waals surface area contributed by atoms with Crippen molar-refractivity contribution in [3.8, 4) is 5.75 Å². The van der Waals surface area contributed by atoms with Crippen molar-refractivity contribution in [3.63, 3.8) is 0 Å². The average molecular weight is 335 g/mol. The number of amides is 1. The molecule has 4 nitrogen and oxygen atoms in total. The number of carbonyl (C=O) groups excluding carboxylic acids is 1. The third kappa shape index (κ3) is 3.11. The first-order chi connectivity index (χ1) is 9.51. The van der Waals surface area contributed by atoms with Crippen molar-refractivity contribution in [2.24, 2.45) is 0 Å². The molecule has 0 aliphatic carbocycles. The van der Waals surface area contributed by atoms with Crippen LogP contribution in [0.3, 0.4) is 0 Å². The number of hydrogen-bond acceptors (Lipinski definition) is 3. The van der Waals surface area contributed by atoms with E-state index >= 15 is 0 Å². The van der Waals surface area contributed by atoms with Gasteiger partial charge in [-0.2, -0.15) is 0 Å². The Hall–Kier alpha value is -2.01. The quantitative estimate of drug-likeness (QED) is 0.843. The minimum atomic E-state index is -0.204. The van der Waals surface area contributed by atoms with Crippen LogP contribution in [-0.4, -0.2) is 13.0 Å². The van der Waals surface area contributed by atoms with Crippen molar-refractivity contribution in [2.45, 2.75) is 6.92 Å². The van der Waals surface area contributed by atoms with Gasteiger partial charge in [-0.25, -0.2) is 0 Å². The predicted molar refractivity (Wildman–Crippen MR) is 84.2 cm³/mol.